The van der Waals surface area contributed by atoms with Crippen LogP contribution in [0.2, 0.25) is 0 Å². The van der Waals surface area contributed by atoms with E-state index < -0.39 is 5.60 Å². The van der Waals surface area contributed by atoms with Gasteiger partial charge in [-0.2, -0.15) is 0 Å². The first-order valence-corrected chi connectivity index (χ1v) is 7.35. The first-order chi connectivity index (χ1) is 8.16. The minimum absolute atomic E-state index is 0.600. The summed E-state index contributed by atoms with van der Waals surface area (Å²) < 4.78 is 1.12. The first-order valence-electron chi connectivity index (χ1n) is 5.67. The molecule has 2 aromatic rings. The van der Waals surface area contributed by atoms with Gasteiger partial charge in [0, 0.05) is 28.6 Å². The van der Waals surface area contributed by atoms with Crippen LogP contribution in [0.3, 0.4) is 0 Å². The van der Waals surface area contributed by atoms with E-state index in [9.17, 15) is 5.11 Å². The fraction of sp³-hybridized carbons (Fsp3) is 0.286. The topological polar surface area (TPSA) is 20.2 Å². The Balaban J connectivity index is 1.84. The van der Waals surface area contributed by atoms with Crippen LogP contribution < -0.4 is 0 Å². The van der Waals surface area contributed by atoms with Crippen LogP contribution in [0.15, 0.2) is 40.2 Å². The van der Waals surface area contributed by atoms with Crippen molar-refractivity contribution in [3.05, 3.63) is 56.2 Å². The molecule has 0 fully saturated rings. The lowest BCUT2D eigenvalue weighted by molar-refractivity contribution is 0.0525. The van der Waals surface area contributed by atoms with Gasteiger partial charge in [0.1, 0.15) is 0 Å². The molecular weight excluding hydrogens is 296 g/mol. The van der Waals surface area contributed by atoms with Gasteiger partial charge in [-0.15, -0.1) is 11.3 Å². The highest BCUT2D eigenvalue weighted by atomic mass is 79.9. The van der Waals surface area contributed by atoms with Crippen LogP contribution in [0.4, 0.5) is 0 Å². The van der Waals surface area contributed by atoms with Gasteiger partial charge in [-0.3, -0.25) is 0 Å². The lowest BCUT2D eigenvalue weighted by Crippen LogP contribution is -2.31. The van der Waals surface area contributed by atoms with Crippen molar-refractivity contribution in [2.24, 2.45) is 0 Å². The average Bonchev–Trinajstić information content (AvgIpc) is 2.82. The molecule has 3 rings (SSSR count). The van der Waals surface area contributed by atoms with Crippen molar-refractivity contribution in [2.45, 2.75) is 24.9 Å². The molecule has 17 heavy (non-hydrogen) atoms. The van der Waals surface area contributed by atoms with Crippen LogP contribution in [0.1, 0.15) is 16.0 Å². The molecule has 0 radical (unpaired) electrons. The van der Waals surface area contributed by atoms with Gasteiger partial charge in [0.05, 0.1) is 5.60 Å². The van der Waals surface area contributed by atoms with Crippen molar-refractivity contribution in [3.8, 4) is 0 Å². The van der Waals surface area contributed by atoms with E-state index in [1.807, 2.05) is 18.2 Å². The summed E-state index contributed by atoms with van der Waals surface area (Å²) in [4.78, 5) is 1.24. The maximum Gasteiger partial charge on any atom is 0.0776 e. The number of fused-ring (bicyclic) bond motifs is 1. The molecule has 0 amide bonds. The Hall–Kier alpha value is -0.640. The summed E-state index contributed by atoms with van der Waals surface area (Å²) in [5, 5.41) is 12.8. The largest absolute Gasteiger partial charge is 0.389 e. The van der Waals surface area contributed by atoms with Crippen molar-refractivity contribution >= 4 is 27.3 Å². The van der Waals surface area contributed by atoms with Crippen molar-refractivity contribution in [1.82, 2.24) is 0 Å². The maximum atomic E-state index is 10.7. The third-order valence-electron chi connectivity index (χ3n) is 3.34. The van der Waals surface area contributed by atoms with E-state index >= 15 is 0 Å². The number of halogens is 1. The Bertz CT molecular complexity index is 522. The number of benzene rings is 1. The predicted octanol–water partition coefficient (Wildman–Crippen LogP) is 3.58. The quantitative estimate of drug-likeness (QED) is 0.899. The Labute approximate surface area is 113 Å². The van der Waals surface area contributed by atoms with E-state index in [4.69, 9.17) is 0 Å². The number of hydrogen-bond acceptors (Lipinski definition) is 2. The van der Waals surface area contributed by atoms with Crippen molar-refractivity contribution < 1.29 is 5.11 Å². The summed E-state index contributed by atoms with van der Waals surface area (Å²) in [5.41, 5.74) is 1.99. The maximum absolute atomic E-state index is 10.7. The van der Waals surface area contributed by atoms with E-state index in [2.05, 4.69) is 33.4 Å². The Morgan fingerprint density at radius 3 is 2.35 bits per heavy atom. The highest BCUT2D eigenvalue weighted by Crippen LogP contribution is 2.35. The van der Waals surface area contributed by atoms with Crippen LogP contribution in [-0.4, -0.2) is 10.7 Å². The second-order valence-corrected chi connectivity index (χ2v) is 6.57. The van der Waals surface area contributed by atoms with Crippen LogP contribution in [-0.2, 0) is 19.3 Å². The molecule has 1 aliphatic rings. The standard InChI is InChI=1S/C14H13BrOS/c15-12-5-6-17-13(12)9-14(16)7-10-3-1-2-4-11(10)8-14/h1-6,16H,7-9H2. The second-order valence-electron chi connectivity index (χ2n) is 4.72. The van der Waals surface area contributed by atoms with Crippen LogP contribution in [0, 0.1) is 0 Å². The van der Waals surface area contributed by atoms with E-state index in [1.54, 1.807) is 11.3 Å². The van der Waals surface area contributed by atoms with Crippen molar-refractivity contribution in [2.75, 3.05) is 0 Å². The molecule has 1 heterocycles. The van der Waals surface area contributed by atoms with Gasteiger partial charge >= 0.3 is 0 Å². The van der Waals surface area contributed by atoms with Crippen molar-refractivity contribution in [3.63, 3.8) is 0 Å². The van der Waals surface area contributed by atoms with Gasteiger partial charge in [0.25, 0.3) is 0 Å². The lowest BCUT2D eigenvalue weighted by atomic mass is 9.95. The lowest BCUT2D eigenvalue weighted by Gasteiger charge is -2.21. The number of aliphatic hydroxyl groups is 1. The number of rotatable bonds is 2. The molecule has 0 unspecified atom stereocenters. The predicted molar refractivity (Wildman–Crippen MR) is 74.5 cm³/mol. The molecule has 1 aliphatic carbocycles. The molecule has 1 aromatic heterocycles. The molecule has 1 nitrogen and oxygen atoms in total. The number of thiophene rings is 1. The van der Waals surface area contributed by atoms with Gasteiger partial charge in [-0.1, -0.05) is 24.3 Å². The van der Waals surface area contributed by atoms with Crippen LogP contribution >= 0.6 is 27.3 Å². The molecule has 0 saturated carbocycles. The fourth-order valence-corrected chi connectivity index (χ4v) is 4.18. The Kier molecular flexibility index (Phi) is 2.85. The van der Waals surface area contributed by atoms with E-state index in [-0.39, 0.29) is 0 Å². The highest BCUT2D eigenvalue weighted by molar-refractivity contribution is 9.10. The summed E-state index contributed by atoms with van der Waals surface area (Å²) in [6, 6.07) is 10.4. The molecule has 0 bridgehead atoms. The first kappa shape index (κ1) is 11.5. The zero-order valence-electron chi connectivity index (χ0n) is 9.32. The van der Waals surface area contributed by atoms with Gasteiger partial charge < -0.3 is 5.11 Å². The highest BCUT2D eigenvalue weighted by Gasteiger charge is 2.35. The molecule has 1 N–H and O–H groups in total. The minimum atomic E-state index is -0.600. The van der Waals surface area contributed by atoms with E-state index in [0.717, 1.165) is 23.7 Å². The molecule has 0 aliphatic heterocycles. The molecule has 3 heteroatoms. The smallest absolute Gasteiger partial charge is 0.0776 e. The average molecular weight is 309 g/mol. The van der Waals surface area contributed by atoms with Gasteiger partial charge in [-0.05, 0) is 38.5 Å². The zero-order chi connectivity index (χ0) is 11.9. The van der Waals surface area contributed by atoms with Gasteiger partial charge in [0.15, 0.2) is 0 Å². The number of hydrogen-bond donors (Lipinski definition) is 1. The summed E-state index contributed by atoms with van der Waals surface area (Å²) >= 11 is 5.24. The summed E-state index contributed by atoms with van der Waals surface area (Å²) in [6.07, 6.45) is 2.28. The zero-order valence-corrected chi connectivity index (χ0v) is 11.7. The van der Waals surface area contributed by atoms with Crippen LogP contribution in [0.25, 0.3) is 0 Å². The molecule has 0 saturated heterocycles. The molecule has 0 atom stereocenters. The normalized spacial score (nSPS) is 17.1. The fourth-order valence-electron chi connectivity index (χ4n) is 2.55. The Morgan fingerprint density at radius 2 is 1.82 bits per heavy atom. The van der Waals surface area contributed by atoms with Crippen LogP contribution in [0.5, 0.6) is 0 Å². The third kappa shape index (κ3) is 2.19. The second kappa shape index (κ2) is 4.23. The van der Waals surface area contributed by atoms with Gasteiger partial charge in [-0.25, -0.2) is 0 Å². The summed E-state index contributed by atoms with van der Waals surface area (Å²) in [7, 11) is 0. The monoisotopic (exact) mass is 308 g/mol. The molecular formula is C14H13BrOS. The summed E-state index contributed by atoms with van der Waals surface area (Å²) in [5.74, 6) is 0. The minimum Gasteiger partial charge on any atom is -0.389 e. The molecule has 88 valence electrons. The molecule has 1 aromatic carbocycles. The van der Waals surface area contributed by atoms with Gasteiger partial charge in [0.2, 0.25) is 0 Å². The Morgan fingerprint density at radius 1 is 1.18 bits per heavy atom. The summed E-state index contributed by atoms with van der Waals surface area (Å²) in [6.45, 7) is 0. The third-order valence-corrected chi connectivity index (χ3v) is 5.26. The van der Waals surface area contributed by atoms with E-state index in [0.29, 0.717) is 0 Å². The van der Waals surface area contributed by atoms with E-state index in [1.165, 1.54) is 16.0 Å². The SMILES string of the molecule is OC1(Cc2sccc2Br)Cc2ccccc2C1. The van der Waals surface area contributed by atoms with Crippen molar-refractivity contribution in [1.29, 1.82) is 0 Å². The molecule has 0 spiro atoms.